The predicted molar refractivity (Wildman–Crippen MR) is 130 cm³/mol. The number of likely N-dealkylation sites (tertiary alicyclic amines) is 1. The normalized spacial score (nSPS) is 17.4. The first kappa shape index (κ1) is 23.3. The second-order valence-corrected chi connectivity index (χ2v) is 9.20. The minimum absolute atomic E-state index is 0.144. The molecule has 2 aromatic heterocycles. The Morgan fingerprint density at radius 3 is 2.20 bits per heavy atom. The smallest absolute Gasteiger partial charge is 0.259 e. The molecule has 8 nitrogen and oxygen atoms in total. The van der Waals surface area contributed by atoms with Crippen molar-refractivity contribution < 1.29 is 14.0 Å². The summed E-state index contributed by atoms with van der Waals surface area (Å²) in [7, 11) is 0. The molecule has 35 heavy (non-hydrogen) atoms. The van der Waals surface area contributed by atoms with Gasteiger partial charge in [-0.05, 0) is 37.1 Å². The summed E-state index contributed by atoms with van der Waals surface area (Å²) in [6, 6.07) is 10.1. The summed E-state index contributed by atoms with van der Waals surface area (Å²) < 4.78 is 17.8. The molecule has 0 unspecified atom stereocenters. The number of benzene rings is 1. The summed E-state index contributed by atoms with van der Waals surface area (Å²) in [5.74, 6) is 0.136. The summed E-state index contributed by atoms with van der Waals surface area (Å²) in [5.41, 5.74) is 0.700. The number of aromatic nitrogens is 3. The van der Waals surface area contributed by atoms with E-state index in [4.69, 9.17) is 0 Å². The van der Waals surface area contributed by atoms with Gasteiger partial charge in [-0.2, -0.15) is 5.10 Å². The van der Waals surface area contributed by atoms with Crippen molar-refractivity contribution in [1.29, 1.82) is 0 Å². The number of halogens is 1. The summed E-state index contributed by atoms with van der Waals surface area (Å²) in [6.45, 7) is 4.46. The lowest BCUT2D eigenvalue weighted by atomic mass is 10.2. The number of piperazine rings is 1. The standard InChI is InChI=1S/C26H31FN6O2/c27-22-9-3-4-10-23(22)33-25(31-13-7-8-14-31)21(19-28-33)26(35)32-17-15-29(16-18-32)20-24(34)30-11-5-1-2-6-12-30/h3-4,7-10,13-14,19H,1-2,5-6,11-12,15-18,20H2. The molecular weight excluding hydrogens is 447 g/mol. The molecule has 9 heteroatoms. The van der Waals surface area contributed by atoms with E-state index < -0.39 is 5.82 Å². The zero-order valence-electron chi connectivity index (χ0n) is 19.9. The van der Waals surface area contributed by atoms with Gasteiger partial charge in [0.1, 0.15) is 17.1 Å². The maximum Gasteiger partial charge on any atom is 0.259 e. The molecule has 3 aromatic rings. The van der Waals surface area contributed by atoms with Crippen LogP contribution in [0.15, 0.2) is 55.0 Å². The van der Waals surface area contributed by atoms with E-state index in [2.05, 4.69) is 10.00 Å². The number of para-hydroxylation sites is 1. The van der Waals surface area contributed by atoms with Crippen molar-refractivity contribution in [2.24, 2.45) is 0 Å². The fraction of sp³-hybridized carbons (Fsp3) is 0.423. The van der Waals surface area contributed by atoms with Gasteiger partial charge in [0.25, 0.3) is 5.91 Å². The SMILES string of the molecule is O=C(CN1CCN(C(=O)c2cnn(-c3ccccc3F)c2-n2cccc2)CC1)N1CCCCCC1. The van der Waals surface area contributed by atoms with Gasteiger partial charge in [0.15, 0.2) is 5.82 Å². The zero-order chi connectivity index (χ0) is 24.2. The third kappa shape index (κ3) is 5.00. The van der Waals surface area contributed by atoms with Crippen molar-refractivity contribution in [2.45, 2.75) is 25.7 Å². The van der Waals surface area contributed by atoms with Crippen LogP contribution >= 0.6 is 0 Å². The van der Waals surface area contributed by atoms with Crippen LogP contribution in [0.3, 0.4) is 0 Å². The Kier molecular flexibility index (Phi) is 6.94. The molecule has 2 amide bonds. The Hall–Kier alpha value is -3.46. The average Bonchev–Trinajstić information content (AvgIpc) is 3.47. The molecule has 4 heterocycles. The number of rotatable bonds is 5. The molecule has 0 radical (unpaired) electrons. The minimum atomic E-state index is -0.411. The molecule has 5 rings (SSSR count). The van der Waals surface area contributed by atoms with Crippen molar-refractivity contribution in [1.82, 2.24) is 29.0 Å². The second kappa shape index (κ2) is 10.4. The number of carbonyl (C=O) groups is 2. The number of hydrogen-bond donors (Lipinski definition) is 0. The number of nitrogens with zero attached hydrogens (tertiary/aromatic N) is 6. The van der Waals surface area contributed by atoms with E-state index in [0.717, 1.165) is 25.9 Å². The highest BCUT2D eigenvalue weighted by Crippen LogP contribution is 2.23. The van der Waals surface area contributed by atoms with E-state index in [9.17, 15) is 14.0 Å². The van der Waals surface area contributed by atoms with E-state index in [1.54, 1.807) is 27.7 Å². The van der Waals surface area contributed by atoms with Gasteiger partial charge in [-0.25, -0.2) is 9.07 Å². The van der Waals surface area contributed by atoms with Crippen LogP contribution in [0.25, 0.3) is 11.5 Å². The van der Waals surface area contributed by atoms with E-state index >= 15 is 0 Å². The van der Waals surface area contributed by atoms with Crippen LogP contribution in [0.4, 0.5) is 4.39 Å². The molecule has 0 saturated carbocycles. The van der Waals surface area contributed by atoms with Gasteiger partial charge >= 0.3 is 0 Å². The third-order valence-electron chi connectivity index (χ3n) is 6.88. The van der Waals surface area contributed by atoms with Gasteiger partial charge in [0, 0.05) is 51.7 Å². The van der Waals surface area contributed by atoms with Crippen LogP contribution in [-0.2, 0) is 4.79 Å². The molecule has 0 aliphatic carbocycles. The van der Waals surface area contributed by atoms with Gasteiger partial charge in [-0.3, -0.25) is 14.5 Å². The number of carbonyl (C=O) groups excluding carboxylic acids is 2. The fourth-order valence-corrected chi connectivity index (χ4v) is 4.91. The lowest BCUT2D eigenvalue weighted by Crippen LogP contribution is -2.51. The monoisotopic (exact) mass is 478 g/mol. The maximum absolute atomic E-state index is 14.6. The van der Waals surface area contributed by atoms with Crippen LogP contribution < -0.4 is 0 Å². The van der Waals surface area contributed by atoms with E-state index in [0.29, 0.717) is 44.1 Å². The van der Waals surface area contributed by atoms with E-state index in [1.165, 1.54) is 29.8 Å². The molecule has 0 bridgehead atoms. The van der Waals surface area contributed by atoms with Crippen LogP contribution in [0, 0.1) is 5.82 Å². The first-order valence-electron chi connectivity index (χ1n) is 12.4. The first-order valence-corrected chi connectivity index (χ1v) is 12.4. The van der Waals surface area contributed by atoms with Crippen LogP contribution in [0.1, 0.15) is 36.0 Å². The Morgan fingerprint density at radius 1 is 0.829 bits per heavy atom. The van der Waals surface area contributed by atoms with Crippen molar-refractivity contribution in [3.63, 3.8) is 0 Å². The largest absolute Gasteiger partial charge is 0.342 e. The zero-order valence-corrected chi connectivity index (χ0v) is 19.9. The second-order valence-electron chi connectivity index (χ2n) is 9.20. The van der Waals surface area contributed by atoms with Crippen molar-refractivity contribution in [2.75, 3.05) is 45.8 Å². The summed E-state index contributed by atoms with van der Waals surface area (Å²) >= 11 is 0. The Balaban J connectivity index is 1.29. The molecule has 2 fully saturated rings. The molecular formula is C26H31FN6O2. The molecule has 184 valence electrons. The maximum atomic E-state index is 14.6. The molecule has 2 aliphatic heterocycles. The Morgan fingerprint density at radius 2 is 1.51 bits per heavy atom. The van der Waals surface area contributed by atoms with Crippen molar-refractivity contribution >= 4 is 11.8 Å². The fourth-order valence-electron chi connectivity index (χ4n) is 4.91. The van der Waals surface area contributed by atoms with Crippen LogP contribution in [0.2, 0.25) is 0 Å². The number of hydrogen-bond acceptors (Lipinski definition) is 4. The van der Waals surface area contributed by atoms with Crippen LogP contribution in [-0.4, -0.2) is 86.7 Å². The van der Waals surface area contributed by atoms with Crippen molar-refractivity contribution in [3.8, 4) is 11.5 Å². The van der Waals surface area contributed by atoms with Gasteiger partial charge in [-0.1, -0.05) is 25.0 Å². The molecule has 0 N–H and O–H groups in total. The molecule has 0 atom stereocenters. The third-order valence-corrected chi connectivity index (χ3v) is 6.88. The highest BCUT2D eigenvalue weighted by Gasteiger charge is 2.29. The molecule has 2 aliphatic rings. The minimum Gasteiger partial charge on any atom is -0.342 e. The first-order chi connectivity index (χ1) is 17.1. The highest BCUT2D eigenvalue weighted by atomic mass is 19.1. The molecule has 0 spiro atoms. The Labute approximate surface area is 204 Å². The topological polar surface area (TPSA) is 66.6 Å². The summed E-state index contributed by atoms with van der Waals surface area (Å²) in [5, 5.41) is 4.38. The molecule has 1 aromatic carbocycles. The van der Waals surface area contributed by atoms with Crippen molar-refractivity contribution in [3.05, 3.63) is 66.4 Å². The quantitative estimate of drug-likeness (QED) is 0.566. The average molecular weight is 479 g/mol. The van der Waals surface area contributed by atoms with E-state index in [1.807, 2.05) is 29.4 Å². The Bertz CT molecular complexity index is 1160. The summed E-state index contributed by atoms with van der Waals surface area (Å²) in [6.07, 6.45) is 9.71. The van der Waals surface area contributed by atoms with Gasteiger partial charge < -0.3 is 14.4 Å². The van der Waals surface area contributed by atoms with Gasteiger partial charge in [-0.15, -0.1) is 0 Å². The lowest BCUT2D eigenvalue weighted by Gasteiger charge is -2.35. The van der Waals surface area contributed by atoms with Crippen LogP contribution in [0.5, 0.6) is 0 Å². The van der Waals surface area contributed by atoms with Gasteiger partial charge in [0.05, 0.1) is 12.7 Å². The highest BCUT2D eigenvalue weighted by molar-refractivity contribution is 5.97. The summed E-state index contributed by atoms with van der Waals surface area (Å²) in [4.78, 5) is 32.2. The molecule has 2 saturated heterocycles. The number of amides is 2. The predicted octanol–water partition coefficient (Wildman–Crippen LogP) is 2.96. The lowest BCUT2D eigenvalue weighted by molar-refractivity contribution is -0.132. The van der Waals surface area contributed by atoms with Gasteiger partial charge in [0.2, 0.25) is 5.91 Å². The van der Waals surface area contributed by atoms with E-state index in [-0.39, 0.29) is 17.5 Å².